The van der Waals surface area contributed by atoms with Gasteiger partial charge in [-0.05, 0) is 43.2 Å². The van der Waals surface area contributed by atoms with E-state index < -0.39 is 21.5 Å². The molecule has 1 fully saturated rings. The Morgan fingerprint density at radius 2 is 1.68 bits per heavy atom. The third kappa shape index (κ3) is 3.84. The summed E-state index contributed by atoms with van der Waals surface area (Å²) in [5.74, 6) is 0.841. The first kappa shape index (κ1) is 20.6. The molecule has 0 aliphatic carbocycles. The van der Waals surface area contributed by atoms with E-state index in [0.29, 0.717) is 6.42 Å². The second-order valence-electron chi connectivity index (χ2n) is 7.89. The van der Waals surface area contributed by atoms with Gasteiger partial charge in [0, 0.05) is 24.4 Å². The third-order valence-electron chi connectivity index (χ3n) is 5.67. The predicted octanol–water partition coefficient (Wildman–Crippen LogP) is 3.60. The van der Waals surface area contributed by atoms with Crippen LogP contribution in [0.15, 0.2) is 53.4 Å². The summed E-state index contributed by atoms with van der Waals surface area (Å²) < 4.78 is 33.5. The zero-order valence-electron chi connectivity index (χ0n) is 16.8. The summed E-state index contributed by atoms with van der Waals surface area (Å²) in [6.45, 7) is 5.82. The van der Waals surface area contributed by atoms with Gasteiger partial charge in [-0.15, -0.1) is 0 Å². The Hall–Kier alpha value is -2.18. The van der Waals surface area contributed by atoms with Crippen molar-refractivity contribution >= 4 is 15.8 Å². The number of piperidine rings is 1. The van der Waals surface area contributed by atoms with Crippen LogP contribution < -0.4 is 4.74 Å². The van der Waals surface area contributed by atoms with Crippen molar-refractivity contribution in [1.29, 1.82) is 0 Å². The van der Waals surface area contributed by atoms with Crippen molar-refractivity contribution in [2.45, 2.75) is 44.6 Å². The maximum Gasteiger partial charge on any atom is 0.243 e. The van der Waals surface area contributed by atoms with Gasteiger partial charge in [-0.3, -0.25) is 4.79 Å². The van der Waals surface area contributed by atoms with Gasteiger partial charge < -0.3 is 4.74 Å². The fourth-order valence-corrected chi connectivity index (χ4v) is 5.47. The summed E-state index contributed by atoms with van der Waals surface area (Å²) in [5, 5.41) is 0. The van der Waals surface area contributed by atoms with E-state index in [0.717, 1.165) is 16.9 Å². The molecule has 3 rings (SSSR count). The zero-order valence-corrected chi connectivity index (χ0v) is 17.6. The molecule has 0 saturated carbocycles. The maximum absolute atomic E-state index is 13.4. The number of carbonyl (C=O) groups is 1. The van der Waals surface area contributed by atoms with E-state index in [9.17, 15) is 13.2 Å². The van der Waals surface area contributed by atoms with Crippen molar-refractivity contribution in [2.24, 2.45) is 5.41 Å². The van der Waals surface area contributed by atoms with E-state index >= 15 is 0 Å². The van der Waals surface area contributed by atoms with E-state index in [1.54, 1.807) is 31.4 Å². The molecule has 5 nitrogen and oxygen atoms in total. The molecule has 2 aromatic rings. The lowest BCUT2D eigenvalue weighted by Gasteiger charge is -2.44. The topological polar surface area (TPSA) is 63.7 Å². The number of sulfonamides is 1. The maximum atomic E-state index is 13.4. The van der Waals surface area contributed by atoms with Gasteiger partial charge in [0.2, 0.25) is 10.0 Å². The molecule has 1 unspecified atom stereocenters. The summed E-state index contributed by atoms with van der Waals surface area (Å²) in [4.78, 5) is 12.9. The summed E-state index contributed by atoms with van der Waals surface area (Å²) in [7, 11) is -2.09. The first-order valence-electron chi connectivity index (χ1n) is 9.41. The monoisotopic (exact) mass is 401 g/mol. The van der Waals surface area contributed by atoms with Gasteiger partial charge in [-0.1, -0.05) is 43.7 Å². The molecule has 0 N–H and O–H groups in total. The number of ether oxygens (including phenoxy) is 1. The molecule has 1 heterocycles. The molecule has 0 radical (unpaired) electrons. The lowest BCUT2D eigenvalue weighted by molar-refractivity contribution is -0.133. The zero-order chi connectivity index (χ0) is 20.5. The molecule has 0 aromatic heterocycles. The number of benzene rings is 2. The summed E-state index contributed by atoms with van der Waals surface area (Å²) in [5.41, 5.74) is 1.20. The Balaban J connectivity index is 1.99. The molecule has 6 heteroatoms. The molecule has 1 atom stereocenters. The molecule has 2 aromatic carbocycles. The first-order chi connectivity index (χ1) is 13.2. The smallest absolute Gasteiger partial charge is 0.243 e. The van der Waals surface area contributed by atoms with E-state index in [-0.39, 0.29) is 23.6 Å². The number of Topliss-reactive ketones (excluding diaryl/α,β-unsaturated/α-hetero) is 1. The Morgan fingerprint density at radius 3 is 2.25 bits per heavy atom. The molecule has 1 saturated heterocycles. The number of nitrogens with zero attached hydrogens (tertiary/aromatic N) is 1. The molecule has 1 aliphatic heterocycles. The van der Waals surface area contributed by atoms with E-state index in [1.807, 2.05) is 45.0 Å². The van der Waals surface area contributed by atoms with Crippen molar-refractivity contribution in [3.8, 4) is 5.75 Å². The number of hydrogen-bond donors (Lipinski definition) is 0. The highest BCUT2D eigenvalue weighted by Gasteiger charge is 2.48. The quantitative estimate of drug-likeness (QED) is 0.768. The number of hydrogen-bond acceptors (Lipinski definition) is 4. The minimum absolute atomic E-state index is 0.0985. The van der Waals surface area contributed by atoms with Gasteiger partial charge >= 0.3 is 0 Å². The second-order valence-corrected chi connectivity index (χ2v) is 9.78. The SMILES string of the molecule is COc1ccc(CC2N(S(=O)(=O)c3ccc(C)cc3)CCC(=O)C2(C)C)cc1. The molecular weight excluding hydrogens is 374 g/mol. The van der Waals surface area contributed by atoms with Crippen LogP contribution in [0, 0.1) is 12.3 Å². The summed E-state index contributed by atoms with van der Waals surface area (Å²) in [6, 6.07) is 14.0. The van der Waals surface area contributed by atoms with Crippen LogP contribution in [0.3, 0.4) is 0 Å². The Morgan fingerprint density at radius 1 is 1.07 bits per heavy atom. The fourth-order valence-electron chi connectivity index (χ4n) is 3.71. The van der Waals surface area contributed by atoms with E-state index in [4.69, 9.17) is 4.74 Å². The molecule has 1 aliphatic rings. The summed E-state index contributed by atoms with van der Waals surface area (Å²) in [6.07, 6.45) is 0.699. The number of rotatable bonds is 5. The number of carbonyl (C=O) groups excluding carboxylic acids is 1. The largest absolute Gasteiger partial charge is 0.497 e. The lowest BCUT2D eigenvalue weighted by Crippen LogP contribution is -2.57. The van der Waals surface area contributed by atoms with Crippen LogP contribution >= 0.6 is 0 Å². The molecule has 28 heavy (non-hydrogen) atoms. The van der Waals surface area contributed by atoms with Gasteiger partial charge in [-0.2, -0.15) is 4.31 Å². The van der Waals surface area contributed by atoms with Gasteiger partial charge in [0.25, 0.3) is 0 Å². The van der Waals surface area contributed by atoms with Crippen LogP contribution in [0.25, 0.3) is 0 Å². The average molecular weight is 402 g/mol. The van der Waals surface area contributed by atoms with Gasteiger partial charge in [0.15, 0.2) is 0 Å². The van der Waals surface area contributed by atoms with Crippen LogP contribution in [0.5, 0.6) is 5.75 Å². The minimum atomic E-state index is -3.70. The molecule has 0 bridgehead atoms. The molecule has 150 valence electrons. The normalized spacial score (nSPS) is 20.1. The predicted molar refractivity (Wildman–Crippen MR) is 109 cm³/mol. The van der Waals surface area contributed by atoms with Crippen LogP contribution in [0.1, 0.15) is 31.4 Å². The van der Waals surface area contributed by atoms with Gasteiger partial charge in [-0.25, -0.2) is 8.42 Å². The van der Waals surface area contributed by atoms with E-state index in [2.05, 4.69) is 0 Å². The van der Waals surface area contributed by atoms with Crippen LogP contribution in [0.4, 0.5) is 0 Å². The highest BCUT2D eigenvalue weighted by atomic mass is 32.2. The Bertz CT molecular complexity index is 947. The van der Waals surface area contributed by atoms with Gasteiger partial charge in [0.1, 0.15) is 11.5 Å². The fraction of sp³-hybridized carbons (Fsp3) is 0.409. The van der Waals surface area contributed by atoms with Crippen molar-refractivity contribution in [1.82, 2.24) is 4.31 Å². The number of ketones is 1. The average Bonchev–Trinajstić information content (AvgIpc) is 2.66. The Labute approximate surface area is 167 Å². The summed E-state index contributed by atoms with van der Waals surface area (Å²) >= 11 is 0. The van der Waals surface area contributed by atoms with Gasteiger partial charge in [0.05, 0.1) is 12.0 Å². The Kier molecular flexibility index (Phi) is 5.64. The van der Waals surface area contributed by atoms with Crippen molar-refractivity contribution < 1.29 is 17.9 Å². The molecular formula is C22H27NO4S. The lowest BCUT2D eigenvalue weighted by atomic mass is 9.74. The second kappa shape index (κ2) is 7.68. The number of methoxy groups -OCH3 is 1. The highest BCUT2D eigenvalue weighted by molar-refractivity contribution is 7.89. The minimum Gasteiger partial charge on any atom is -0.497 e. The van der Waals surface area contributed by atoms with Crippen molar-refractivity contribution in [3.05, 3.63) is 59.7 Å². The van der Waals surface area contributed by atoms with Crippen LogP contribution in [-0.4, -0.2) is 38.2 Å². The molecule has 0 amide bonds. The van der Waals surface area contributed by atoms with Crippen LogP contribution in [0.2, 0.25) is 0 Å². The third-order valence-corrected chi connectivity index (χ3v) is 7.60. The highest BCUT2D eigenvalue weighted by Crippen LogP contribution is 2.37. The first-order valence-corrected chi connectivity index (χ1v) is 10.8. The van der Waals surface area contributed by atoms with Crippen molar-refractivity contribution in [3.63, 3.8) is 0 Å². The standard InChI is InChI=1S/C22H27NO4S/c1-16-5-11-19(12-6-16)28(25,26)23-14-13-21(24)22(2,3)20(23)15-17-7-9-18(27-4)10-8-17/h5-12,20H,13-15H2,1-4H3. The van der Waals surface area contributed by atoms with Crippen molar-refractivity contribution in [2.75, 3.05) is 13.7 Å². The number of aryl methyl sites for hydroxylation is 1. The van der Waals surface area contributed by atoms with E-state index in [1.165, 1.54) is 4.31 Å². The van der Waals surface area contributed by atoms with Crippen LogP contribution in [-0.2, 0) is 21.2 Å². The molecule has 0 spiro atoms.